The van der Waals surface area contributed by atoms with Crippen LogP contribution in [0.2, 0.25) is 0 Å². The Morgan fingerprint density at radius 1 is 0.821 bits per heavy atom. The molecule has 0 saturated heterocycles. The molecule has 2 N–H and O–H groups in total. The molecule has 0 fully saturated rings. The number of primary amides is 1. The van der Waals surface area contributed by atoms with Gasteiger partial charge in [0.1, 0.15) is 5.82 Å². The van der Waals surface area contributed by atoms with Crippen LogP contribution in [0, 0.1) is 5.82 Å². The molecular weight excluding hydrogens is 355 g/mol. The number of nitrogens with zero attached hydrogens (tertiary/aromatic N) is 1. The Balaban J connectivity index is 2.03. The Bertz CT molecular complexity index is 888. The van der Waals surface area contributed by atoms with E-state index in [1.165, 1.54) is 29.2 Å². The van der Waals surface area contributed by atoms with Crippen LogP contribution in [0.3, 0.4) is 0 Å². The molecule has 142 valence electrons. The van der Waals surface area contributed by atoms with Gasteiger partial charge in [0, 0.05) is 18.7 Å². The van der Waals surface area contributed by atoms with Gasteiger partial charge in [0.15, 0.2) is 0 Å². The Hall–Kier alpha value is -3.47. The fourth-order valence-corrected chi connectivity index (χ4v) is 3.13. The SMILES string of the molecule is NC(=O)CCN(C(=O)C(c1ccccc1)c1ccccc1)c1ccc(F)cc1. The lowest BCUT2D eigenvalue weighted by molar-refractivity contribution is -0.119. The van der Waals surface area contributed by atoms with E-state index >= 15 is 0 Å². The molecule has 0 aromatic heterocycles. The molecule has 0 atom stereocenters. The van der Waals surface area contributed by atoms with Crippen LogP contribution in [0.4, 0.5) is 10.1 Å². The molecule has 0 unspecified atom stereocenters. The number of halogens is 1. The molecule has 3 rings (SSSR count). The molecule has 4 nitrogen and oxygen atoms in total. The lowest BCUT2D eigenvalue weighted by atomic mass is 9.89. The number of carbonyl (C=O) groups excluding carboxylic acids is 2. The summed E-state index contributed by atoms with van der Waals surface area (Å²) >= 11 is 0. The van der Waals surface area contributed by atoms with E-state index < -0.39 is 17.6 Å². The minimum atomic E-state index is -0.555. The van der Waals surface area contributed by atoms with Crippen molar-refractivity contribution < 1.29 is 14.0 Å². The van der Waals surface area contributed by atoms with Gasteiger partial charge in [-0.1, -0.05) is 60.7 Å². The summed E-state index contributed by atoms with van der Waals surface area (Å²) in [7, 11) is 0. The maximum absolute atomic E-state index is 13.6. The first kappa shape index (κ1) is 19.3. The lowest BCUT2D eigenvalue weighted by Gasteiger charge is -2.28. The first-order valence-electron chi connectivity index (χ1n) is 9.01. The third-order valence-electron chi connectivity index (χ3n) is 4.50. The molecule has 0 heterocycles. The summed E-state index contributed by atoms with van der Waals surface area (Å²) in [5.74, 6) is -1.66. The van der Waals surface area contributed by atoms with Gasteiger partial charge < -0.3 is 10.6 Å². The molecular formula is C23H21FN2O2. The van der Waals surface area contributed by atoms with Crippen molar-refractivity contribution >= 4 is 17.5 Å². The van der Waals surface area contributed by atoms with Crippen molar-refractivity contribution in [3.05, 3.63) is 102 Å². The Kier molecular flexibility index (Phi) is 6.17. The van der Waals surface area contributed by atoms with E-state index in [0.717, 1.165) is 11.1 Å². The number of amides is 2. The molecule has 0 aliphatic carbocycles. The van der Waals surface area contributed by atoms with Gasteiger partial charge in [-0.3, -0.25) is 9.59 Å². The standard InChI is InChI=1S/C23H21FN2O2/c24-19-11-13-20(14-12-19)26(16-15-21(25)27)23(28)22(17-7-3-1-4-8-17)18-9-5-2-6-10-18/h1-14,22H,15-16H2,(H2,25,27). The van der Waals surface area contributed by atoms with Gasteiger partial charge >= 0.3 is 0 Å². The highest BCUT2D eigenvalue weighted by molar-refractivity contribution is 6.00. The third-order valence-corrected chi connectivity index (χ3v) is 4.50. The molecule has 0 bridgehead atoms. The average Bonchev–Trinajstić information content (AvgIpc) is 2.71. The Labute approximate surface area is 163 Å². The van der Waals surface area contributed by atoms with Crippen molar-refractivity contribution in [2.24, 2.45) is 5.73 Å². The zero-order valence-corrected chi connectivity index (χ0v) is 15.3. The molecule has 28 heavy (non-hydrogen) atoms. The zero-order valence-electron chi connectivity index (χ0n) is 15.3. The fourth-order valence-electron chi connectivity index (χ4n) is 3.13. The average molecular weight is 376 g/mol. The highest BCUT2D eigenvalue weighted by Gasteiger charge is 2.28. The van der Waals surface area contributed by atoms with Crippen LogP contribution >= 0.6 is 0 Å². The van der Waals surface area contributed by atoms with Gasteiger partial charge in [-0.25, -0.2) is 4.39 Å². The largest absolute Gasteiger partial charge is 0.370 e. The van der Waals surface area contributed by atoms with Crippen LogP contribution in [0.25, 0.3) is 0 Å². The van der Waals surface area contributed by atoms with Gasteiger partial charge in [-0.15, -0.1) is 0 Å². The van der Waals surface area contributed by atoms with Crippen LogP contribution in [-0.4, -0.2) is 18.4 Å². The topological polar surface area (TPSA) is 63.4 Å². The van der Waals surface area contributed by atoms with Crippen molar-refractivity contribution in [1.82, 2.24) is 0 Å². The van der Waals surface area contributed by atoms with Crippen LogP contribution in [0.5, 0.6) is 0 Å². The van der Waals surface area contributed by atoms with Gasteiger partial charge in [0.2, 0.25) is 11.8 Å². The van der Waals surface area contributed by atoms with Gasteiger partial charge in [-0.05, 0) is 35.4 Å². The van der Waals surface area contributed by atoms with Crippen LogP contribution in [-0.2, 0) is 9.59 Å². The van der Waals surface area contributed by atoms with Crippen LogP contribution in [0.1, 0.15) is 23.5 Å². The second kappa shape index (κ2) is 8.95. The van der Waals surface area contributed by atoms with E-state index in [4.69, 9.17) is 5.73 Å². The van der Waals surface area contributed by atoms with Gasteiger partial charge in [0.05, 0.1) is 5.92 Å². The normalized spacial score (nSPS) is 10.6. The number of hydrogen-bond donors (Lipinski definition) is 1. The Morgan fingerprint density at radius 2 is 1.32 bits per heavy atom. The van der Waals surface area contributed by atoms with Gasteiger partial charge in [-0.2, -0.15) is 0 Å². The summed E-state index contributed by atoms with van der Waals surface area (Å²) in [6.45, 7) is 0.121. The number of rotatable bonds is 7. The molecule has 0 spiro atoms. The van der Waals surface area contributed by atoms with Crippen molar-refractivity contribution in [2.45, 2.75) is 12.3 Å². The molecule has 0 radical (unpaired) electrons. The fraction of sp³-hybridized carbons (Fsp3) is 0.130. The summed E-state index contributed by atoms with van der Waals surface area (Å²) in [6.07, 6.45) is 0.0133. The van der Waals surface area contributed by atoms with E-state index in [1.807, 2.05) is 60.7 Å². The second-order valence-corrected chi connectivity index (χ2v) is 6.44. The first-order valence-corrected chi connectivity index (χ1v) is 9.01. The van der Waals surface area contributed by atoms with E-state index in [2.05, 4.69) is 0 Å². The van der Waals surface area contributed by atoms with E-state index in [0.29, 0.717) is 5.69 Å². The first-order chi connectivity index (χ1) is 13.6. The number of benzene rings is 3. The van der Waals surface area contributed by atoms with E-state index in [1.54, 1.807) is 0 Å². The lowest BCUT2D eigenvalue weighted by Crippen LogP contribution is -2.38. The zero-order chi connectivity index (χ0) is 19.9. The van der Waals surface area contributed by atoms with Gasteiger partial charge in [0.25, 0.3) is 0 Å². The second-order valence-electron chi connectivity index (χ2n) is 6.44. The molecule has 3 aromatic rings. The summed E-state index contributed by atoms with van der Waals surface area (Å²) in [5, 5.41) is 0. The monoisotopic (exact) mass is 376 g/mol. The number of anilines is 1. The quantitative estimate of drug-likeness (QED) is 0.680. The molecule has 5 heteroatoms. The third kappa shape index (κ3) is 4.62. The molecule has 0 saturated carbocycles. The Morgan fingerprint density at radius 3 is 1.79 bits per heavy atom. The smallest absolute Gasteiger partial charge is 0.238 e. The molecule has 0 aliphatic rings. The highest BCUT2D eigenvalue weighted by atomic mass is 19.1. The van der Waals surface area contributed by atoms with Crippen molar-refractivity contribution in [1.29, 1.82) is 0 Å². The van der Waals surface area contributed by atoms with Crippen LogP contribution in [0.15, 0.2) is 84.9 Å². The van der Waals surface area contributed by atoms with Crippen molar-refractivity contribution in [3.8, 4) is 0 Å². The number of hydrogen-bond acceptors (Lipinski definition) is 2. The van der Waals surface area contributed by atoms with E-state index in [9.17, 15) is 14.0 Å². The molecule has 2 amide bonds. The minimum absolute atomic E-state index is 0.0133. The number of carbonyl (C=O) groups is 2. The van der Waals surface area contributed by atoms with Crippen molar-refractivity contribution in [2.75, 3.05) is 11.4 Å². The summed E-state index contributed by atoms with van der Waals surface area (Å²) in [5.41, 5.74) is 7.50. The van der Waals surface area contributed by atoms with Crippen molar-refractivity contribution in [3.63, 3.8) is 0 Å². The summed E-state index contributed by atoms with van der Waals surface area (Å²) in [4.78, 5) is 26.5. The highest BCUT2D eigenvalue weighted by Crippen LogP contribution is 2.29. The van der Waals surface area contributed by atoms with E-state index in [-0.39, 0.29) is 18.9 Å². The number of nitrogens with two attached hydrogens (primary N) is 1. The predicted molar refractivity (Wildman–Crippen MR) is 107 cm³/mol. The molecule has 3 aromatic carbocycles. The minimum Gasteiger partial charge on any atom is -0.370 e. The maximum atomic E-state index is 13.6. The van der Waals surface area contributed by atoms with Crippen LogP contribution < -0.4 is 10.6 Å². The predicted octanol–water partition coefficient (Wildman–Crippen LogP) is 3.87. The molecule has 0 aliphatic heterocycles. The maximum Gasteiger partial charge on any atom is 0.238 e. The summed E-state index contributed by atoms with van der Waals surface area (Å²) in [6, 6.07) is 24.5. The summed E-state index contributed by atoms with van der Waals surface area (Å²) < 4.78 is 13.4.